The fraction of sp³-hybridized carbons (Fsp3) is 0.846. The van der Waals surface area contributed by atoms with Crippen LogP contribution in [0.15, 0.2) is 0 Å². The van der Waals surface area contributed by atoms with Crippen molar-refractivity contribution < 1.29 is 18.4 Å². The Morgan fingerprint density at radius 2 is 1.44 bits per heavy atom. The first kappa shape index (κ1) is 17.5. The SMILES string of the molecule is CCCC[Si](OC)(OC)C(C(=O)CC)C(=O)CC. The Balaban J connectivity index is 5.31. The van der Waals surface area contributed by atoms with Crippen molar-refractivity contribution in [1.82, 2.24) is 0 Å². The van der Waals surface area contributed by atoms with E-state index in [2.05, 4.69) is 6.92 Å². The molecule has 0 saturated carbocycles. The molecular weight excluding hydrogens is 248 g/mol. The minimum atomic E-state index is -2.76. The Labute approximate surface area is 111 Å². The molecule has 0 N–H and O–H groups in total. The largest absolute Gasteiger partial charge is 0.397 e. The summed E-state index contributed by atoms with van der Waals surface area (Å²) in [5.74, 6) is -0.0957. The number of Topliss-reactive ketones (excluding diaryl/α,β-unsaturated/α-hetero) is 2. The first-order valence-corrected chi connectivity index (χ1v) is 8.78. The van der Waals surface area contributed by atoms with Crippen LogP contribution in [0.2, 0.25) is 11.6 Å². The molecule has 18 heavy (non-hydrogen) atoms. The minimum absolute atomic E-state index is 0.0479. The summed E-state index contributed by atoms with van der Waals surface area (Å²) in [4.78, 5) is 24.2. The Kier molecular flexibility index (Phi) is 8.31. The number of carbonyl (C=O) groups is 2. The molecule has 0 aromatic rings. The molecule has 0 bridgehead atoms. The first-order valence-electron chi connectivity index (χ1n) is 6.68. The van der Waals surface area contributed by atoms with Crippen LogP contribution in [0.5, 0.6) is 0 Å². The maximum Gasteiger partial charge on any atom is 0.356 e. The van der Waals surface area contributed by atoms with Gasteiger partial charge in [-0.15, -0.1) is 0 Å². The standard InChI is InChI=1S/C13H26O4Si/c1-6-9-10-18(16-4,17-5)13(11(14)7-2)12(15)8-3/h13H,6-10H2,1-5H3. The Bertz CT molecular complexity index is 258. The van der Waals surface area contributed by atoms with Crippen LogP contribution in [0.25, 0.3) is 0 Å². The maximum atomic E-state index is 12.1. The highest BCUT2D eigenvalue weighted by Gasteiger charge is 2.50. The maximum absolute atomic E-state index is 12.1. The molecule has 0 saturated heterocycles. The molecule has 0 amide bonds. The molecule has 0 unspecified atom stereocenters. The highest BCUT2D eigenvalue weighted by Crippen LogP contribution is 2.32. The van der Waals surface area contributed by atoms with Gasteiger partial charge in [0.2, 0.25) is 0 Å². The monoisotopic (exact) mass is 274 g/mol. The first-order chi connectivity index (χ1) is 8.52. The van der Waals surface area contributed by atoms with Crippen LogP contribution in [-0.2, 0) is 18.4 Å². The van der Waals surface area contributed by atoms with E-state index in [1.807, 2.05) is 0 Å². The summed E-state index contributed by atoms with van der Waals surface area (Å²) in [5, 5.41) is 0. The van der Waals surface area contributed by atoms with Gasteiger partial charge in [-0.3, -0.25) is 9.59 Å². The van der Waals surface area contributed by atoms with Crippen LogP contribution in [-0.4, -0.2) is 34.3 Å². The summed E-state index contributed by atoms with van der Waals surface area (Å²) < 4.78 is 11.1. The summed E-state index contributed by atoms with van der Waals surface area (Å²) in [7, 11) is 0.359. The number of carbonyl (C=O) groups excluding carboxylic acids is 2. The van der Waals surface area contributed by atoms with Crippen molar-refractivity contribution in [1.29, 1.82) is 0 Å². The van der Waals surface area contributed by atoms with Crippen LogP contribution in [0.4, 0.5) is 0 Å². The third-order valence-electron chi connectivity index (χ3n) is 3.35. The average Bonchev–Trinajstić information content (AvgIpc) is 2.42. The van der Waals surface area contributed by atoms with E-state index >= 15 is 0 Å². The summed E-state index contributed by atoms with van der Waals surface area (Å²) in [6.45, 7) is 5.63. The van der Waals surface area contributed by atoms with Gasteiger partial charge < -0.3 is 8.85 Å². The summed E-state index contributed by atoms with van der Waals surface area (Å²) >= 11 is 0. The molecule has 0 aromatic carbocycles. The molecule has 0 spiro atoms. The predicted octanol–water partition coefficient (Wildman–Crippen LogP) is 2.85. The molecule has 0 radical (unpaired) electrons. The lowest BCUT2D eigenvalue weighted by Crippen LogP contribution is -2.51. The lowest BCUT2D eigenvalue weighted by atomic mass is 10.1. The number of ketones is 2. The molecule has 0 aromatic heterocycles. The Morgan fingerprint density at radius 3 is 1.72 bits per heavy atom. The van der Waals surface area contributed by atoms with E-state index < -0.39 is 14.1 Å². The van der Waals surface area contributed by atoms with E-state index in [0.717, 1.165) is 12.8 Å². The molecule has 0 aliphatic heterocycles. The van der Waals surface area contributed by atoms with Gasteiger partial charge in [0.25, 0.3) is 0 Å². The van der Waals surface area contributed by atoms with Crippen LogP contribution < -0.4 is 0 Å². The van der Waals surface area contributed by atoms with Crippen molar-refractivity contribution >= 4 is 20.1 Å². The summed E-state index contributed by atoms with van der Waals surface area (Å²) in [5.41, 5.74) is -0.672. The molecule has 106 valence electrons. The van der Waals surface area contributed by atoms with Crippen LogP contribution in [0, 0.1) is 0 Å². The van der Waals surface area contributed by atoms with Crippen molar-refractivity contribution in [3.63, 3.8) is 0 Å². The van der Waals surface area contributed by atoms with Crippen molar-refractivity contribution in [2.45, 2.75) is 58.0 Å². The fourth-order valence-electron chi connectivity index (χ4n) is 2.17. The fourth-order valence-corrected chi connectivity index (χ4v) is 5.74. The average molecular weight is 274 g/mol. The second-order valence-electron chi connectivity index (χ2n) is 4.40. The zero-order chi connectivity index (χ0) is 14.2. The van der Waals surface area contributed by atoms with E-state index in [0.29, 0.717) is 18.9 Å². The number of hydrogen-bond acceptors (Lipinski definition) is 4. The second kappa shape index (κ2) is 8.56. The molecule has 0 rings (SSSR count). The molecule has 0 aliphatic carbocycles. The zero-order valence-corrected chi connectivity index (χ0v) is 13.2. The van der Waals surface area contributed by atoms with Crippen LogP contribution in [0.1, 0.15) is 46.5 Å². The Hall–Kier alpha value is -0.523. The number of hydrogen-bond donors (Lipinski definition) is 0. The molecule has 0 aliphatic rings. The lowest BCUT2D eigenvalue weighted by Gasteiger charge is -2.33. The van der Waals surface area contributed by atoms with Crippen molar-refractivity contribution in [2.24, 2.45) is 0 Å². The van der Waals surface area contributed by atoms with Crippen LogP contribution >= 0.6 is 0 Å². The molecule has 0 atom stereocenters. The highest BCUT2D eigenvalue weighted by atomic mass is 28.4. The van der Waals surface area contributed by atoms with E-state index in [1.54, 1.807) is 28.1 Å². The smallest absolute Gasteiger partial charge is 0.356 e. The Morgan fingerprint density at radius 1 is 1.00 bits per heavy atom. The normalized spacial score (nSPS) is 11.9. The zero-order valence-electron chi connectivity index (χ0n) is 12.2. The van der Waals surface area contributed by atoms with Crippen molar-refractivity contribution in [3.8, 4) is 0 Å². The number of unbranched alkanes of at least 4 members (excludes halogenated alkanes) is 1. The minimum Gasteiger partial charge on any atom is -0.397 e. The molecular formula is C13H26O4Si. The van der Waals surface area contributed by atoms with Gasteiger partial charge in [0.1, 0.15) is 17.1 Å². The van der Waals surface area contributed by atoms with E-state index in [9.17, 15) is 9.59 Å². The topological polar surface area (TPSA) is 52.6 Å². The van der Waals surface area contributed by atoms with Crippen molar-refractivity contribution in [2.75, 3.05) is 14.2 Å². The summed E-state index contributed by atoms with van der Waals surface area (Å²) in [6, 6.07) is 0.693. The molecule has 4 nitrogen and oxygen atoms in total. The lowest BCUT2D eigenvalue weighted by molar-refractivity contribution is -0.127. The summed E-state index contributed by atoms with van der Waals surface area (Å²) in [6.07, 6.45) is 2.61. The van der Waals surface area contributed by atoms with Crippen LogP contribution in [0.3, 0.4) is 0 Å². The van der Waals surface area contributed by atoms with Gasteiger partial charge >= 0.3 is 8.56 Å². The highest BCUT2D eigenvalue weighted by molar-refractivity contribution is 6.76. The van der Waals surface area contributed by atoms with E-state index in [4.69, 9.17) is 8.85 Å². The van der Waals surface area contributed by atoms with Gasteiger partial charge in [0.15, 0.2) is 0 Å². The van der Waals surface area contributed by atoms with Gasteiger partial charge in [-0.1, -0.05) is 33.6 Å². The van der Waals surface area contributed by atoms with Crippen molar-refractivity contribution in [3.05, 3.63) is 0 Å². The second-order valence-corrected chi connectivity index (χ2v) is 7.91. The number of rotatable bonds is 10. The molecule has 0 heterocycles. The van der Waals surface area contributed by atoms with Gasteiger partial charge in [0.05, 0.1) is 0 Å². The third kappa shape index (κ3) is 4.00. The van der Waals surface area contributed by atoms with E-state index in [1.165, 1.54) is 0 Å². The van der Waals surface area contributed by atoms with E-state index in [-0.39, 0.29) is 11.6 Å². The van der Waals surface area contributed by atoms with Gasteiger partial charge in [-0.05, 0) is 6.04 Å². The molecule has 5 heteroatoms. The predicted molar refractivity (Wildman–Crippen MR) is 73.8 cm³/mol. The van der Waals surface area contributed by atoms with Gasteiger partial charge in [-0.25, -0.2) is 0 Å². The molecule has 0 fully saturated rings. The van der Waals surface area contributed by atoms with Gasteiger partial charge in [0, 0.05) is 27.1 Å². The van der Waals surface area contributed by atoms with Gasteiger partial charge in [-0.2, -0.15) is 0 Å². The third-order valence-corrected chi connectivity index (χ3v) is 7.31. The quantitative estimate of drug-likeness (QED) is 0.454.